The zero-order chi connectivity index (χ0) is 17.0. The van der Waals surface area contributed by atoms with Crippen molar-refractivity contribution >= 4 is 34.6 Å². The van der Waals surface area contributed by atoms with E-state index in [1.54, 1.807) is 18.2 Å². The van der Waals surface area contributed by atoms with Gasteiger partial charge in [-0.25, -0.2) is 0 Å². The molecule has 2 rings (SSSR count). The number of anilines is 1. The predicted molar refractivity (Wildman–Crippen MR) is 88.4 cm³/mol. The van der Waals surface area contributed by atoms with Gasteiger partial charge < -0.3 is 0 Å². The van der Waals surface area contributed by atoms with E-state index >= 15 is 0 Å². The molecule has 23 heavy (non-hydrogen) atoms. The zero-order valence-corrected chi connectivity index (χ0v) is 13.6. The molecule has 1 N–H and O–H groups in total. The highest BCUT2D eigenvalue weighted by Crippen LogP contribution is 2.33. The zero-order valence-electron chi connectivity index (χ0n) is 12.1. The van der Waals surface area contributed by atoms with Gasteiger partial charge in [0.25, 0.3) is 0 Å². The van der Waals surface area contributed by atoms with E-state index in [-0.39, 0.29) is 10.7 Å². The fourth-order valence-electron chi connectivity index (χ4n) is 1.93. The van der Waals surface area contributed by atoms with Gasteiger partial charge >= 0.3 is 6.18 Å². The van der Waals surface area contributed by atoms with Gasteiger partial charge in [-0.15, -0.1) is 0 Å². The van der Waals surface area contributed by atoms with Crippen LogP contribution in [0.2, 0.25) is 10.0 Å². The molecule has 7 heteroatoms. The Balaban J connectivity index is 2.30. The first-order valence-electron chi connectivity index (χ1n) is 6.76. The SMILES string of the molecule is CC/C(=N/Nc1cc(C(F)(F)F)ccc1Cl)c1cccc(Cl)c1. The van der Waals surface area contributed by atoms with Crippen LogP contribution in [-0.2, 0) is 6.18 Å². The Morgan fingerprint density at radius 3 is 2.48 bits per heavy atom. The number of hydrogen-bond donors (Lipinski definition) is 1. The molecule has 0 saturated heterocycles. The highest BCUT2D eigenvalue weighted by atomic mass is 35.5. The molecule has 0 saturated carbocycles. The molecule has 2 nitrogen and oxygen atoms in total. The molecule has 0 spiro atoms. The average molecular weight is 361 g/mol. The van der Waals surface area contributed by atoms with Crippen LogP contribution in [0.1, 0.15) is 24.5 Å². The second kappa shape index (κ2) is 7.23. The van der Waals surface area contributed by atoms with Gasteiger partial charge in [0, 0.05) is 5.02 Å². The fraction of sp³-hybridized carbons (Fsp3) is 0.188. The van der Waals surface area contributed by atoms with Gasteiger partial charge in [0.1, 0.15) is 0 Å². The van der Waals surface area contributed by atoms with Gasteiger partial charge in [0.05, 0.1) is 22.0 Å². The van der Waals surface area contributed by atoms with E-state index < -0.39 is 11.7 Å². The van der Waals surface area contributed by atoms with E-state index in [1.807, 2.05) is 13.0 Å². The van der Waals surface area contributed by atoms with Crippen molar-refractivity contribution in [2.75, 3.05) is 5.43 Å². The number of nitrogens with zero attached hydrogens (tertiary/aromatic N) is 1. The Labute approximate surface area is 141 Å². The molecule has 2 aromatic carbocycles. The molecule has 0 aliphatic carbocycles. The molecule has 0 aromatic heterocycles. The molecule has 0 amide bonds. The first kappa shape index (κ1) is 17.6. The minimum Gasteiger partial charge on any atom is -0.277 e. The first-order valence-corrected chi connectivity index (χ1v) is 7.52. The quantitative estimate of drug-likeness (QED) is 0.506. The molecule has 2 aromatic rings. The van der Waals surface area contributed by atoms with Crippen molar-refractivity contribution in [3.8, 4) is 0 Å². The maximum absolute atomic E-state index is 12.8. The van der Waals surface area contributed by atoms with Crippen molar-refractivity contribution in [2.24, 2.45) is 5.10 Å². The van der Waals surface area contributed by atoms with Crippen molar-refractivity contribution in [2.45, 2.75) is 19.5 Å². The molecular formula is C16H13Cl2F3N2. The van der Waals surface area contributed by atoms with E-state index in [0.29, 0.717) is 17.2 Å². The van der Waals surface area contributed by atoms with Crippen molar-refractivity contribution in [3.05, 3.63) is 63.6 Å². The lowest BCUT2D eigenvalue weighted by molar-refractivity contribution is -0.137. The van der Waals surface area contributed by atoms with Gasteiger partial charge in [-0.2, -0.15) is 18.3 Å². The lowest BCUT2D eigenvalue weighted by Gasteiger charge is -2.11. The van der Waals surface area contributed by atoms with Gasteiger partial charge in [-0.3, -0.25) is 5.43 Å². The average Bonchev–Trinajstić information content (AvgIpc) is 2.48. The van der Waals surface area contributed by atoms with E-state index in [9.17, 15) is 13.2 Å². The Kier molecular flexibility index (Phi) is 5.55. The largest absolute Gasteiger partial charge is 0.416 e. The highest BCUT2D eigenvalue weighted by Gasteiger charge is 2.30. The summed E-state index contributed by atoms with van der Waals surface area (Å²) in [6.07, 6.45) is -3.87. The molecular weight excluding hydrogens is 348 g/mol. The molecule has 0 aliphatic rings. The summed E-state index contributed by atoms with van der Waals surface area (Å²) in [5, 5.41) is 4.88. The third-order valence-electron chi connectivity index (χ3n) is 3.10. The Bertz CT molecular complexity index is 728. The third-order valence-corrected chi connectivity index (χ3v) is 3.66. The standard InChI is InChI=1S/C16H13Cl2F3N2/c1-2-14(10-4-3-5-12(17)8-10)22-23-15-9-11(16(19,20)21)6-7-13(15)18/h3-9,23H,2H2,1H3/b22-14-. The number of rotatable bonds is 4. The summed E-state index contributed by atoms with van der Waals surface area (Å²) in [5.41, 5.74) is 3.35. The van der Waals surface area contributed by atoms with Crippen molar-refractivity contribution in [3.63, 3.8) is 0 Å². The van der Waals surface area contributed by atoms with Crippen LogP contribution in [0, 0.1) is 0 Å². The molecule has 0 unspecified atom stereocenters. The number of nitrogens with one attached hydrogen (secondary N) is 1. The van der Waals surface area contributed by atoms with Crippen LogP contribution in [-0.4, -0.2) is 5.71 Å². The predicted octanol–water partition coefficient (Wildman–Crippen LogP) is 6.24. The number of benzene rings is 2. The molecule has 0 fully saturated rings. The monoisotopic (exact) mass is 360 g/mol. The number of halogens is 5. The number of hydrogen-bond acceptors (Lipinski definition) is 2. The fourth-order valence-corrected chi connectivity index (χ4v) is 2.28. The summed E-state index contributed by atoms with van der Waals surface area (Å²) in [6.45, 7) is 1.88. The maximum Gasteiger partial charge on any atom is 0.416 e. The maximum atomic E-state index is 12.8. The summed E-state index contributed by atoms with van der Waals surface area (Å²) >= 11 is 11.9. The Morgan fingerprint density at radius 2 is 1.87 bits per heavy atom. The molecule has 0 aliphatic heterocycles. The second-order valence-corrected chi connectivity index (χ2v) is 5.57. The molecule has 0 bridgehead atoms. The summed E-state index contributed by atoms with van der Waals surface area (Å²) in [6, 6.07) is 10.1. The highest BCUT2D eigenvalue weighted by molar-refractivity contribution is 6.33. The molecule has 0 radical (unpaired) electrons. The van der Waals surface area contributed by atoms with Crippen molar-refractivity contribution < 1.29 is 13.2 Å². The van der Waals surface area contributed by atoms with Gasteiger partial charge in [0.15, 0.2) is 0 Å². The summed E-state index contributed by atoms with van der Waals surface area (Å²) in [7, 11) is 0. The molecule has 0 heterocycles. The molecule has 122 valence electrons. The first-order chi connectivity index (χ1) is 10.8. The van der Waals surface area contributed by atoms with Crippen LogP contribution in [0.3, 0.4) is 0 Å². The minimum absolute atomic E-state index is 0.0921. The third kappa shape index (κ3) is 4.62. The Morgan fingerprint density at radius 1 is 1.13 bits per heavy atom. The van der Waals surface area contributed by atoms with Crippen LogP contribution in [0.25, 0.3) is 0 Å². The number of hydrazone groups is 1. The van der Waals surface area contributed by atoms with Gasteiger partial charge in [0.2, 0.25) is 0 Å². The lowest BCUT2D eigenvalue weighted by atomic mass is 10.1. The smallest absolute Gasteiger partial charge is 0.277 e. The van der Waals surface area contributed by atoms with Crippen LogP contribution in [0.4, 0.5) is 18.9 Å². The second-order valence-electron chi connectivity index (χ2n) is 4.73. The van der Waals surface area contributed by atoms with E-state index in [0.717, 1.165) is 17.7 Å². The lowest BCUT2D eigenvalue weighted by Crippen LogP contribution is -2.07. The normalized spacial score (nSPS) is 12.3. The van der Waals surface area contributed by atoms with E-state index in [4.69, 9.17) is 23.2 Å². The van der Waals surface area contributed by atoms with Crippen LogP contribution in [0.15, 0.2) is 47.6 Å². The molecule has 0 atom stereocenters. The topological polar surface area (TPSA) is 24.4 Å². The van der Waals surface area contributed by atoms with Gasteiger partial charge in [-0.1, -0.05) is 42.3 Å². The van der Waals surface area contributed by atoms with Crippen molar-refractivity contribution in [1.82, 2.24) is 0 Å². The number of alkyl halides is 3. The Hall–Kier alpha value is -1.72. The van der Waals surface area contributed by atoms with Crippen molar-refractivity contribution in [1.29, 1.82) is 0 Å². The summed E-state index contributed by atoms with van der Waals surface area (Å²) < 4.78 is 38.3. The minimum atomic E-state index is -4.44. The summed E-state index contributed by atoms with van der Waals surface area (Å²) in [4.78, 5) is 0. The van der Waals surface area contributed by atoms with Gasteiger partial charge in [-0.05, 0) is 42.3 Å². The van der Waals surface area contributed by atoms with Crippen LogP contribution < -0.4 is 5.43 Å². The van der Waals surface area contributed by atoms with E-state index in [2.05, 4.69) is 10.5 Å². The van der Waals surface area contributed by atoms with Crippen LogP contribution in [0.5, 0.6) is 0 Å². The summed E-state index contributed by atoms with van der Waals surface area (Å²) in [5.74, 6) is 0. The van der Waals surface area contributed by atoms with Crippen LogP contribution >= 0.6 is 23.2 Å². The van der Waals surface area contributed by atoms with E-state index in [1.165, 1.54) is 6.07 Å².